The first-order valence-electron chi connectivity index (χ1n) is 9.73. The molecule has 2 aromatic heterocycles. The maximum atomic E-state index is 12.3. The van der Waals surface area contributed by atoms with Gasteiger partial charge in [0.05, 0.1) is 23.4 Å². The molecule has 0 spiro atoms. The van der Waals surface area contributed by atoms with Gasteiger partial charge in [-0.15, -0.1) is 10.2 Å². The summed E-state index contributed by atoms with van der Waals surface area (Å²) in [6, 6.07) is 19.6. The van der Waals surface area contributed by atoms with Gasteiger partial charge in [-0.05, 0) is 37.3 Å². The van der Waals surface area contributed by atoms with Crippen molar-refractivity contribution in [2.75, 3.05) is 5.75 Å². The molecule has 0 unspecified atom stereocenters. The van der Waals surface area contributed by atoms with Gasteiger partial charge in [0, 0.05) is 22.8 Å². The summed E-state index contributed by atoms with van der Waals surface area (Å²) in [7, 11) is 1.82. The Bertz CT molecular complexity index is 1270. The van der Waals surface area contributed by atoms with Gasteiger partial charge >= 0.3 is 0 Å². The zero-order valence-corrected chi connectivity index (χ0v) is 19.8. The molecule has 4 rings (SSSR count). The molecule has 2 heterocycles. The fourth-order valence-electron chi connectivity index (χ4n) is 3.07. The van der Waals surface area contributed by atoms with E-state index in [0.29, 0.717) is 11.0 Å². The number of halogens is 1. The van der Waals surface area contributed by atoms with Crippen molar-refractivity contribution in [3.05, 3.63) is 76.5 Å². The summed E-state index contributed by atoms with van der Waals surface area (Å²) < 4.78 is 4.60. The third kappa shape index (κ3) is 5.14. The van der Waals surface area contributed by atoms with E-state index in [4.69, 9.17) is 0 Å². The summed E-state index contributed by atoms with van der Waals surface area (Å²) in [5, 5.41) is 17.6. The van der Waals surface area contributed by atoms with E-state index in [1.165, 1.54) is 11.8 Å². The lowest BCUT2D eigenvalue weighted by Crippen LogP contribution is -2.20. The molecule has 0 fully saturated rings. The standard InChI is InChI=1S/C22H20BrN7OS/c1-15-11-19(29(2)28-15)13-24-25-20(31)14-32-22-27-26-21(16-7-6-8-17(23)12-16)30(22)18-9-4-3-5-10-18/h3-13H,14H2,1-2H3,(H,25,31)/b24-13+. The number of nitrogens with one attached hydrogen (secondary N) is 1. The maximum absolute atomic E-state index is 12.3. The summed E-state index contributed by atoms with van der Waals surface area (Å²) >= 11 is 4.81. The first-order valence-corrected chi connectivity index (χ1v) is 11.5. The third-order valence-electron chi connectivity index (χ3n) is 4.49. The number of hydrogen-bond donors (Lipinski definition) is 1. The molecule has 0 aliphatic heterocycles. The van der Waals surface area contributed by atoms with Crippen molar-refractivity contribution in [3.63, 3.8) is 0 Å². The Morgan fingerprint density at radius 2 is 1.97 bits per heavy atom. The number of benzene rings is 2. The Kier molecular flexibility index (Phi) is 6.81. The van der Waals surface area contributed by atoms with Crippen molar-refractivity contribution >= 4 is 39.8 Å². The topological polar surface area (TPSA) is 90.0 Å². The second-order valence-electron chi connectivity index (χ2n) is 6.90. The van der Waals surface area contributed by atoms with Gasteiger partial charge in [-0.25, -0.2) is 5.43 Å². The molecule has 4 aromatic rings. The minimum atomic E-state index is -0.239. The van der Waals surface area contributed by atoms with Crippen LogP contribution in [0.25, 0.3) is 17.1 Å². The molecule has 32 heavy (non-hydrogen) atoms. The van der Waals surface area contributed by atoms with E-state index in [-0.39, 0.29) is 11.7 Å². The predicted octanol–water partition coefficient (Wildman–Crippen LogP) is 3.98. The molecule has 0 atom stereocenters. The maximum Gasteiger partial charge on any atom is 0.250 e. The molecule has 0 aliphatic carbocycles. The third-order valence-corrected chi connectivity index (χ3v) is 5.91. The Balaban J connectivity index is 1.51. The summed E-state index contributed by atoms with van der Waals surface area (Å²) in [4.78, 5) is 12.3. The van der Waals surface area contributed by atoms with E-state index in [2.05, 4.69) is 41.8 Å². The van der Waals surface area contributed by atoms with E-state index in [1.807, 2.05) is 79.2 Å². The van der Waals surface area contributed by atoms with Crippen molar-refractivity contribution in [1.29, 1.82) is 0 Å². The van der Waals surface area contributed by atoms with Crippen molar-refractivity contribution in [2.24, 2.45) is 12.1 Å². The molecule has 8 nitrogen and oxygen atoms in total. The molecular weight excluding hydrogens is 490 g/mol. The van der Waals surface area contributed by atoms with E-state index >= 15 is 0 Å². The van der Waals surface area contributed by atoms with Gasteiger partial charge < -0.3 is 0 Å². The van der Waals surface area contributed by atoms with Crippen LogP contribution in [0.15, 0.2) is 75.4 Å². The van der Waals surface area contributed by atoms with Gasteiger partial charge in [0.2, 0.25) is 0 Å². The SMILES string of the molecule is Cc1cc(/C=N/NC(=O)CSc2nnc(-c3cccc(Br)c3)n2-c2ccccc2)n(C)n1. The number of nitrogens with zero attached hydrogens (tertiary/aromatic N) is 6. The van der Waals surface area contributed by atoms with Crippen molar-refractivity contribution in [1.82, 2.24) is 30.0 Å². The number of hydrogen-bond acceptors (Lipinski definition) is 6. The Hall–Kier alpha value is -3.24. The summed E-state index contributed by atoms with van der Waals surface area (Å²) in [6.07, 6.45) is 1.57. The smallest absolute Gasteiger partial charge is 0.250 e. The van der Waals surface area contributed by atoms with Crippen LogP contribution in [0.3, 0.4) is 0 Å². The minimum absolute atomic E-state index is 0.144. The highest BCUT2D eigenvalue weighted by Crippen LogP contribution is 2.29. The molecule has 2 aromatic carbocycles. The van der Waals surface area contributed by atoms with E-state index in [9.17, 15) is 4.79 Å². The quantitative estimate of drug-likeness (QED) is 0.231. The zero-order valence-electron chi connectivity index (χ0n) is 17.4. The van der Waals surface area contributed by atoms with Crippen LogP contribution in [0.5, 0.6) is 0 Å². The molecule has 0 saturated carbocycles. The van der Waals surface area contributed by atoms with Crippen LogP contribution >= 0.6 is 27.7 Å². The highest BCUT2D eigenvalue weighted by atomic mass is 79.9. The lowest BCUT2D eigenvalue weighted by molar-refractivity contribution is -0.118. The molecule has 0 aliphatic rings. The lowest BCUT2D eigenvalue weighted by atomic mass is 10.2. The summed E-state index contributed by atoms with van der Waals surface area (Å²) in [6.45, 7) is 1.90. The van der Waals surface area contributed by atoms with Gasteiger partial charge in [0.1, 0.15) is 0 Å². The number of amides is 1. The second kappa shape index (κ2) is 9.92. The van der Waals surface area contributed by atoms with Crippen LogP contribution < -0.4 is 5.43 Å². The van der Waals surface area contributed by atoms with Crippen LogP contribution in [-0.4, -0.2) is 42.4 Å². The number of carbonyl (C=O) groups is 1. The highest BCUT2D eigenvalue weighted by molar-refractivity contribution is 9.10. The first-order chi connectivity index (χ1) is 15.5. The summed E-state index contributed by atoms with van der Waals surface area (Å²) in [5.41, 5.74) is 6.07. The minimum Gasteiger partial charge on any atom is -0.272 e. The monoisotopic (exact) mass is 509 g/mol. The van der Waals surface area contributed by atoms with E-state index < -0.39 is 0 Å². The molecule has 0 radical (unpaired) electrons. The molecule has 10 heteroatoms. The molecule has 1 amide bonds. The Labute approximate surface area is 197 Å². The zero-order chi connectivity index (χ0) is 22.5. The number of carbonyl (C=O) groups excluding carboxylic acids is 1. The number of aromatic nitrogens is 5. The van der Waals surface area contributed by atoms with Crippen molar-refractivity contribution < 1.29 is 4.79 Å². The molecule has 0 saturated heterocycles. The molecular formula is C22H20BrN7OS. The predicted molar refractivity (Wildman–Crippen MR) is 129 cm³/mol. The van der Waals surface area contributed by atoms with Crippen LogP contribution in [0, 0.1) is 6.92 Å². The first kappa shape index (κ1) is 22.0. The van der Waals surface area contributed by atoms with Crippen LogP contribution in [0.2, 0.25) is 0 Å². The average Bonchev–Trinajstić information content (AvgIpc) is 3.35. The normalized spacial score (nSPS) is 11.2. The van der Waals surface area contributed by atoms with Crippen molar-refractivity contribution in [2.45, 2.75) is 12.1 Å². The van der Waals surface area contributed by atoms with E-state index in [0.717, 1.165) is 27.1 Å². The Morgan fingerprint density at radius 1 is 1.16 bits per heavy atom. The number of rotatable bonds is 7. The number of aryl methyl sites for hydroxylation is 2. The fraction of sp³-hybridized carbons (Fsp3) is 0.136. The second-order valence-corrected chi connectivity index (χ2v) is 8.76. The van der Waals surface area contributed by atoms with Gasteiger partial charge in [-0.2, -0.15) is 10.2 Å². The molecule has 162 valence electrons. The molecule has 0 bridgehead atoms. The van der Waals surface area contributed by atoms with Crippen LogP contribution in [0.1, 0.15) is 11.4 Å². The lowest BCUT2D eigenvalue weighted by Gasteiger charge is -2.10. The Morgan fingerprint density at radius 3 is 2.69 bits per heavy atom. The van der Waals surface area contributed by atoms with Gasteiger partial charge in [-0.1, -0.05) is 58.0 Å². The largest absolute Gasteiger partial charge is 0.272 e. The average molecular weight is 510 g/mol. The summed E-state index contributed by atoms with van der Waals surface area (Å²) in [5.74, 6) is 0.604. The molecule has 1 N–H and O–H groups in total. The number of para-hydroxylation sites is 1. The van der Waals surface area contributed by atoms with Crippen molar-refractivity contribution in [3.8, 4) is 17.1 Å². The van der Waals surface area contributed by atoms with E-state index in [1.54, 1.807) is 10.9 Å². The number of thioether (sulfide) groups is 1. The van der Waals surface area contributed by atoms with Gasteiger partial charge in [0.15, 0.2) is 11.0 Å². The number of hydrazone groups is 1. The van der Waals surface area contributed by atoms with Gasteiger partial charge in [-0.3, -0.25) is 14.0 Å². The highest BCUT2D eigenvalue weighted by Gasteiger charge is 2.17. The van der Waals surface area contributed by atoms with Crippen LogP contribution in [-0.2, 0) is 11.8 Å². The van der Waals surface area contributed by atoms with Gasteiger partial charge in [0.25, 0.3) is 5.91 Å². The fourth-order valence-corrected chi connectivity index (χ4v) is 4.22. The van der Waals surface area contributed by atoms with Crippen LogP contribution in [0.4, 0.5) is 0 Å².